The molecule has 0 fully saturated rings. The van der Waals surface area contributed by atoms with Crippen molar-refractivity contribution >= 4 is 21.7 Å². The molecule has 20 heavy (non-hydrogen) atoms. The first kappa shape index (κ1) is 16.1. The molecule has 0 bridgehead atoms. The van der Waals surface area contributed by atoms with Crippen LogP contribution in [-0.2, 0) is 20.6 Å². The minimum absolute atomic E-state index is 0.127. The molecule has 2 N–H and O–H groups in total. The first-order valence-corrected chi connectivity index (χ1v) is 7.30. The van der Waals surface area contributed by atoms with E-state index in [0.29, 0.717) is 5.56 Å². The summed E-state index contributed by atoms with van der Waals surface area (Å²) in [5.74, 6) is -1.47. The fourth-order valence-corrected chi connectivity index (χ4v) is 3.00. The number of carbonyl (C=O) groups is 1. The number of hydrogen-bond donors (Lipinski definition) is 2. The number of carboxylic acid groups (broad SMARTS) is 1. The van der Waals surface area contributed by atoms with Gasteiger partial charge in [0, 0.05) is 18.2 Å². The highest BCUT2D eigenvalue weighted by molar-refractivity contribution is 7.88. The lowest BCUT2D eigenvalue weighted by Crippen LogP contribution is -2.35. The molecule has 0 amide bonds. The maximum Gasteiger partial charge on any atom is 0.304 e. The molecular formula is C11H14N2O6S. The van der Waals surface area contributed by atoms with Crippen LogP contribution in [0, 0.1) is 10.1 Å². The first-order chi connectivity index (χ1) is 9.19. The topological polar surface area (TPSA) is 127 Å². The molecule has 8 nitrogen and oxygen atoms in total. The van der Waals surface area contributed by atoms with Crippen LogP contribution in [0.4, 0.5) is 5.69 Å². The lowest BCUT2D eigenvalue weighted by molar-refractivity contribution is -0.384. The van der Waals surface area contributed by atoms with Crippen LogP contribution in [0.15, 0.2) is 24.3 Å². The van der Waals surface area contributed by atoms with Gasteiger partial charge in [-0.3, -0.25) is 14.9 Å². The fraction of sp³-hybridized carbons (Fsp3) is 0.364. The molecule has 0 radical (unpaired) electrons. The Bertz CT molecular complexity index is 596. The van der Waals surface area contributed by atoms with Crippen molar-refractivity contribution in [2.75, 3.05) is 0 Å². The van der Waals surface area contributed by atoms with Crippen LogP contribution < -0.4 is 4.72 Å². The molecule has 0 aliphatic rings. The number of nitrogens with one attached hydrogen (secondary N) is 1. The molecule has 0 heterocycles. The van der Waals surface area contributed by atoms with Crippen molar-refractivity contribution in [1.82, 2.24) is 4.72 Å². The van der Waals surface area contributed by atoms with E-state index in [4.69, 9.17) is 5.11 Å². The van der Waals surface area contributed by atoms with Crippen molar-refractivity contribution in [2.24, 2.45) is 0 Å². The van der Waals surface area contributed by atoms with Crippen molar-refractivity contribution < 1.29 is 23.2 Å². The molecule has 0 saturated heterocycles. The van der Waals surface area contributed by atoms with E-state index >= 15 is 0 Å². The summed E-state index contributed by atoms with van der Waals surface area (Å²) in [6.07, 6.45) is -0.320. The minimum atomic E-state index is -3.70. The highest BCUT2D eigenvalue weighted by Gasteiger charge is 2.17. The van der Waals surface area contributed by atoms with Crippen LogP contribution in [-0.4, -0.2) is 30.5 Å². The Hall–Kier alpha value is -2.00. The average molecular weight is 302 g/mol. The zero-order chi connectivity index (χ0) is 15.3. The highest BCUT2D eigenvalue weighted by atomic mass is 32.2. The molecule has 0 aliphatic carbocycles. The van der Waals surface area contributed by atoms with E-state index < -0.39 is 27.0 Å². The number of nitro benzene ring substituents is 1. The number of carboxylic acids is 1. The number of non-ortho nitro benzene ring substituents is 1. The molecule has 1 atom stereocenters. The lowest BCUT2D eigenvalue weighted by Gasteiger charge is -2.12. The quantitative estimate of drug-likeness (QED) is 0.568. The second-order valence-corrected chi connectivity index (χ2v) is 6.05. The van der Waals surface area contributed by atoms with E-state index in [2.05, 4.69) is 4.72 Å². The number of benzene rings is 1. The molecule has 0 spiro atoms. The van der Waals surface area contributed by atoms with Gasteiger partial charge in [-0.15, -0.1) is 0 Å². The van der Waals surface area contributed by atoms with E-state index in [9.17, 15) is 23.3 Å². The summed E-state index contributed by atoms with van der Waals surface area (Å²) in [4.78, 5) is 20.3. The predicted molar refractivity (Wildman–Crippen MR) is 70.6 cm³/mol. The van der Waals surface area contributed by atoms with Crippen molar-refractivity contribution in [3.63, 3.8) is 0 Å². The molecule has 1 aromatic rings. The van der Waals surface area contributed by atoms with E-state index in [1.807, 2.05) is 0 Å². The maximum absolute atomic E-state index is 11.8. The third kappa shape index (κ3) is 5.33. The van der Waals surface area contributed by atoms with Crippen LogP contribution in [0.5, 0.6) is 0 Å². The molecule has 110 valence electrons. The van der Waals surface area contributed by atoms with E-state index in [0.717, 1.165) is 0 Å². The predicted octanol–water partition coefficient (Wildman–Crippen LogP) is 0.877. The van der Waals surface area contributed by atoms with Crippen LogP contribution in [0.25, 0.3) is 0 Å². The van der Waals surface area contributed by atoms with E-state index in [-0.39, 0.29) is 17.9 Å². The zero-order valence-corrected chi connectivity index (χ0v) is 11.5. The van der Waals surface area contributed by atoms with Gasteiger partial charge in [-0.05, 0) is 12.5 Å². The number of nitrogens with zero attached hydrogens (tertiary/aromatic N) is 1. The Balaban J connectivity index is 2.71. The molecule has 0 saturated carbocycles. The van der Waals surface area contributed by atoms with Gasteiger partial charge in [0.15, 0.2) is 0 Å². The van der Waals surface area contributed by atoms with Gasteiger partial charge in [-0.2, -0.15) is 0 Å². The summed E-state index contributed by atoms with van der Waals surface area (Å²) in [6.45, 7) is 1.45. The number of rotatable bonds is 7. The van der Waals surface area contributed by atoms with Gasteiger partial charge in [0.25, 0.3) is 5.69 Å². The van der Waals surface area contributed by atoms with Gasteiger partial charge in [0.1, 0.15) is 0 Å². The van der Waals surface area contributed by atoms with Crippen molar-refractivity contribution in [3.05, 3.63) is 39.9 Å². The number of aliphatic carboxylic acids is 1. The molecule has 1 rings (SSSR count). The van der Waals surface area contributed by atoms with Gasteiger partial charge in [0.05, 0.1) is 17.1 Å². The van der Waals surface area contributed by atoms with Crippen molar-refractivity contribution in [3.8, 4) is 0 Å². The fourth-order valence-electron chi connectivity index (χ4n) is 1.59. The minimum Gasteiger partial charge on any atom is -0.481 e. The third-order valence-corrected chi connectivity index (χ3v) is 3.84. The number of hydrogen-bond acceptors (Lipinski definition) is 5. The van der Waals surface area contributed by atoms with Gasteiger partial charge in [0.2, 0.25) is 10.0 Å². The third-order valence-electron chi connectivity index (χ3n) is 2.37. The van der Waals surface area contributed by atoms with Crippen molar-refractivity contribution in [1.29, 1.82) is 0 Å². The van der Waals surface area contributed by atoms with Gasteiger partial charge in [-0.1, -0.05) is 12.1 Å². The van der Waals surface area contributed by atoms with Crippen LogP contribution in [0.1, 0.15) is 18.9 Å². The van der Waals surface area contributed by atoms with Gasteiger partial charge in [-0.25, -0.2) is 13.1 Å². The Morgan fingerprint density at radius 1 is 1.40 bits per heavy atom. The van der Waals surface area contributed by atoms with Crippen LogP contribution in [0.2, 0.25) is 0 Å². The molecular weight excluding hydrogens is 288 g/mol. The van der Waals surface area contributed by atoms with Gasteiger partial charge < -0.3 is 5.11 Å². The Morgan fingerprint density at radius 2 is 1.95 bits per heavy atom. The Morgan fingerprint density at radius 3 is 2.40 bits per heavy atom. The Kier molecular flexibility index (Phi) is 5.17. The first-order valence-electron chi connectivity index (χ1n) is 5.65. The van der Waals surface area contributed by atoms with Crippen LogP contribution >= 0.6 is 0 Å². The second-order valence-electron chi connectivity index (χ2n) is 4.30. The summed E-state index contributed by atoms with van der Waals surface area (Å²) >= 11 is 0. The molecule has 1 unspecified atom stereocenters. The average Bonchev–Trinajstić information content (AvgIpc) is 2.26. The highest BCUT2D eigenvalue weighted by Crippen LogP contribution is 2.13. The normalized spacial score (nSPS) is 12.8. The Labute approximate surface area is 115 Å². The summed E-state index contributed by atoms with van der Waals surface area (Å²) in [5.41, 5.74) is 0.254. The number of sulfonamides is 1. The number of nitro groups is 1. The van der Waals surface area contributed by atoms with Crippen LogP contribution in [0.3, 0.4) is 0 Å². The summed E-state index contributed by atoms with van der Waals surface area (Å²) in [6, 6.07) is 4.39. The SMILES string of the molecule is CC(CC(=O)O)NS(=O)(=O)Cc1ccc([N+](=O)[O-])cc1. The van der Waals surface area contributed by atoms with Gasteiger partial charge >= 0.3 is 5.97 Å². The zero-order valence-electron chi connectivity index (χ0n) is 10.6. The largest absolute Gasteiger partial charge is 0.481 e. The molecule has 1 aromatic carbocycles. The summed E-state index contributed by atoms with van der Waals surface area (Å²) in [7, 11) is -3.70. The van der Waals surface area contributed by atoms with Crippen molar-refractivity contribution in [2.45, 2.75) is 25.1 Å². The monoisotopic (exact) mass is 302 g/mol. The summed E-state index contributed by atoms with van der Waals surface area (Å²) < 4.78 is 25.8. The smallest absolute Gasteiger partial charge is 0.304 e. The summed E-state index contributed by atoms with van der Waals surface area (Å²) in [5, 5.41) is 19.0. The second kappa shape index (κ2) is 6.44. The van der Waals surface area contributed by atoms with E-state index in [1.165, 1.54) is 31.2 Å². The lowest BCUT2D eigenvalue weighted by atomic mass is 10.2. The maximum atomic E-state index is 11.8. The van der Waals surface area contributed by atoms with E-state index in [1.54, 1.807) is 0 Å². The standard InChI is InChI=1S/C11H14N2O6S/c1-8(6-11(14)15)12-20(18,19)7-9-2-4-10(5-3-9)13(16)17/h2-5,8,12H,6-7H2,1H3,(H,14,15). The molecule has 0 aliphatic heterocycles. The molecule has 0 aromatic heterocycles. The molecule has 9 heteroatoms.